The quantitative estimate of drug-likeness (QED) is 0.757. The van der Waals surface area contributed by atoms with Crippen LogP contribution in [-0.2, 0) is 13.0 Å². The highest BCUT2D eigenvalue weighted by atomic mass is 35.5. The Labute approximate surface area is 122 Å². The maximum Gasteiger partial charge on any atom is 0.169 e. The van der Waals surface area contributed by atoms with Crippen molar-refractivity contribution in [2.45, 2.75) is 19.9 Å². The van der Waals surface area contributed by atoms with E-state index in [9.17, 15) is 4.39 Å². The first-order valence-electron chi connectivity index (χ1n) is 6.24. The van der Waals surface area contributed by atoms with Crippen molar-refractivity contribution in [1.82, 2.24) is 4.98 Å². The van der Waals surface area contributed by atoms with Gasteiger partial charge in [0.2, 0.25) is 0 Å². The number of nitrogens with two attached hydrogens (primary N) is 2. The fourth-order valence-corrected chi connectivity index (χ4v) is 2.12. The van der Waals surface area contributed by atoms with E-state index < -0.39 is 5.82 Å². The van der Waals surface area contributed by atoms with Crippen LogP contribution >= 0.6 is 11.6 Å². The molecule has 0 atom stereocenters. The van der Waals surface area contributed by atoms with Crippen molar-refractivity contribution in [3.8, 4) is 0 Å². The minimum atomic E-state index is -0.641. The van der Waals surface area contributed by atoms with Crippen LogP contribution in [0.5, 0.6) is 0 Å². The summed E-state index contributed by atoms with van der Waals surface area (Å²) in [6.07, 6.45) is 2.55. The molecule has 0 bridgehead atoms. The van der Waals surface area contributed by atoms with Gasteiger partial charge in [0.1, 0.15) is 5.02 Å². The SMILES string of the molecule is CCc1cccnc1CNc1c(N)cc(N)c(Cl)c1F. The van der Waals surface area contributed by atoms with Crippen LogP contribution in [0.25, 0.3) is 0 Å². The third-order valence-corrected chi connectivity index (χ3v) is 3.45. The van der Waals surface area contributed by atoms with Gasteiger partial charge in [-0.25, -0.2) is 4.39 Å². The molecule has 0 aliphatic carbocycles. The summed E-state index contributed by atoms with van der Waals surface area (Å²) in [4.78, 5) is 4.28. The Morgan fingerprint density at radius 1 is 1.35 bits per heavy atom. The lowest BCUT2D eigenvalue weighted by Gasteiger charge is -2.14. The average Bonchev–Trinajstić information content (AvgIpc) is 2.45. The van der Waals surface area contributed by atoms with Gasteiger partial charge in [-0.1, -0.05) is 24.6 Å². The van der Waals surface area contributed by atoms with E-state index in [1.807, 2.05) is 19.1 Å². The lowest BCUT2D eigenvalue weighted by molar-refractivity contribution is 0.631. The van der Waals surface area contributed by atoms with Crippen LogP contribution in [0.15, 0.2) is 24.4 Å². The molecule has 2 rings (SSSR count). The molecule has 106 valence electrons. The number of hydrogen-bond acceptors (Lipinski definition) is 4. The molecule has 5 N–H and O–H groups in total. The monoisotopic (exact) mass is 294 g/mol. The molecular formula is C14H16ClFN4. The molecule has 6 heteroatoms. The number of aromatic nitrogens is 1. The molecule has 0 fully saturated rings. The number of pyridine rings is 1. The molecule has 2 aromatic rings. The maximum atomic E-state index is 14.0. The molecule has 0 spiro atoms. The minimum absolute atomic E-state index is 0.124. The Morgan fingerprint density at radius 3 is 2.80 bits per heavy atom. The number of nitrogens with zero attached hydrogens (tertiary/aromatic N) is 1. The molecule has 0 saturated heterocycles. The van der Waals surface area contributed by atoms with Crippen molar-refractivity contribution in [2.24, 2.45) is 0 Å². The highest BCUT2D eigenvalue weighted by molar-refractivity contribution is 6.33. The molecule has 1 heterocycles. The number of anilines is 3. The molecule has 0 aliphatic heterocycles. The van der Waals surface area contributed by atoms with Gasteiger partial charge in [-0.05, 0) is 24.1 Å². The van der Waals surface area contributed by atoms with Crippen molar-refractivity contribution in [2.75, 3.05) is 16.8 Å². The van der Waals surface area contributed by atoms with Crippen LogP contribution in [0.3, 0.4) is 0 Å². The first-order chi connectivity index (χ1) is 9.54. The normalized spacial score (nSPS) is 10.6. The highest BCUT2D eigenvalue weighted by Crippen LogP contribution is 2.33. The van der Waals surface area contributed by atoms with Gasteiger partial charge in [-0.2, -0.15) is 0 Å². The fourth-order valence-electron chi connectivity index (χ4n) is 1.97. The van der Waals surface area contributed by atoms with Crippen molar-refractivity contribution < 1.29 is 4.39 Å². The van der Waals surface area contributed by atoms with Gasteiger partial charge in [-0.15, -0.1) is 0 Å². The van der Waals surface area contributed by atoms with Crippen molar-refractivity contribution in [1.29, 1.82) is 0 Å². The second-order valence-corrected chi connectivity index (χ2v) is 4.75. The van der Waals surface area contributed by atoms with E-state index >= 15 is 0 Å². The van der Waals surface area contributed by atoms with E-state index in [2.05, 4.69) is 10.3 Å². The van der Waals surface area contributed by atoms with Gasteiger partial charge in [0.05, 0.1) is 29.3 Å². The van der Waals surface area contributed by atoms with Crippen molar-refractivity contribution in [3.05, 3.63) is 46.5 Å². The summed E-state index contributed by atoms with van der Waals surface area (Å²) in [5, 5.41) is 2.81. The number of rotatable bonds is 4. The van der Waals surface area contributed by atoms with E-state index in [4.69, 9.17) is 23.1 Å². The lowest BCUT2D eigenvalue weighted by Crippen LogP contribution is -2.09. The van der Waals surface area contributed by atoms with Crippen LogP contribution < -0.4 is 16.8 Å². The van der Waals surface area contributed by atoms with Crippen molar-refractivity contribution >= 4 is 28.7 Å². The third-order valence-electron chi connectivity index (χ3n) is 3.06. The fraction of sp³-hybridized carbons (Fsp3) is 0.214. The Hall–Kier alpha value is -2.01. The number of aryl methyl sites for hydroxylation is 1. The van der Waals surface area contributed by atoms with E-state index in [0.717, 1.165) is 17.7 Å². The second kappa shape index (κ2) is 5.96. The summed E-state index contributed by atoms with van der Waals surface area (Å²) < 4.78 is 14.0. The molecule has 0 aliphatic rings. The third kappa shape index (κ3) is 2.77. The topological polar surface area (TPSA) is 77.0 Å². The number of hydrogen-bond donors (Lipinski definition) is 3. The van der Waals surface area contributed by atoms with Gasteiger partial charge in [0.15, 0.2) is 5.82 Å². The number of benzene rings is 1. The first-order valence-corrected chi connectivity index (χ1v) is 6.62. The summed E-state index contributed by atoms with van der Waals surface area (Å²) in [5.41, 5.74) is 13.8. The van der Waals surface area contributed by atoms with Gasteiger partial charge in [0, 0.05) is 6.20 Å². The van der Waals surface area contributed by atoms with Crippen molar-refractivity contribution in [3.63, 3.8) is 0 Å². The Bertz CT molecular complexity index is 631. The molecule has 20 heavy (non-hydrogen) atoms. The summed E-state index contributed by atoms with van der Waals surface area (Å²) >= 11 is 5.78. The van der Waals surface area contributed by atoms with E-state index in [0.29, 0.717) is 6.54 Å². The second-order valence-electron chi connectivity index (χ2n) is 4.37. The van der Waals surface area contributed by atoms with E-state index in [1.54, 1.807) is 6.20 Å². The Morgan fingerprint density at radius 2 is 2.10 bits per heavy atom. The smallest absolute Gasteiger partial charge is 0.169 e. The summed E-state index contributed by atoms with van der Waals surface area (Å²) in [5.74, 6) is -0.641. The molecule has 1 aromatic heterocycles. The predicted molar refractivity (Wildman–Crippen MR) is 81.2 cm³/mol. The van der Waals surface area contributed by atoms with Gasteiger partial charge in [0.25, 0.3) is 0 Å². The standard InChI is InChI=1S/C14H16ClFN4/c1-2-8-4-3-5-19-11(8)7-20-14-10(18)6-9(17)12(15)13(14)16/h3-6,20H,2,7,17-18H2,1H3. The maximum absolute atomic E-state index is 14.0. The predicted octanol–water partition coefficient (Wildman–Crippen LogP) is 3.21. The zero-order valence-corrected chi connectivity index (χ0v) is 11.8. The molecule has 0 unspecified atom stereocenters. The molecular weight excluding hydrogens is 279 g/mol. The molecule has 4 nitrogen and oxygen atoms in total. The zero-order valence-electron chi connectivity index (χ0n) is 11.1. The highest BCUT2D eigenvalue weighted by Gasteiger charge is 2.14. The number of nitrogen functional groups attached to an aromatic ring is 2. The molecule has 0 radical (unpaired) electrons. The first kappa shape index (κ1) is 14.4. The lowest BCUT2D eigenvalue weighted by atomic mass is 10.1. The summed E-state index contributed by atoms with van der Waals surface area (Å²) in [6, 6.07) is 5.30. The zero-order chi connectivity index (χ0) is 14.7. The van der Waals surface area contributed by atoms with E-state index in [-0.39, 0.29) is 22.1 Å². The van der Waals surface area contributed by atoms with Gasteiger partial charge in [-0.3, -0.25) is 4.98 Å². The summed E-state index contributed by atoms with van der Waals surface area (Å²) in [7, 11) is 0. The largest absolute Gasteiger partial charge is 0.397 e. The molecule has 0 saturated carbocycles. The molecule has 1 aromatic carbocycles. The Kier molecular flexibility index (Phi) is 4.29. The minimum Gasteiger partial charge on any atom is -0.397 e. The van der Waals surface area contributed by atoms with Crippen LogP contribution in [0.1, 0.15) is 18.2 Å². The van der Waals surface area contributed by atoms with E-state index in [1.165, 1.54) is 6.07 Å². The number of halogens is 2. The molecule has 0 amide bonds. The van der Waals surface area contributed by atoms with Gasteiger partial charge < -0.3 is 16.8 Å². The van der Waals surface area contributed by atoms with Crippen LogP contribution in [-0.4, -0.2) is 4.98 Å². The average molecular weight is 295 g/mol. The van der Waals surface area contributed by atoms with Crippen LogP contribution in [0.4, 0.5) is 21.5 Å². The Balaban J connectivity index is 2.26. The number of nitrogens with one attached hydrogen (secondary N) is 1. The van der Waals surface area contributed by atoms with Crippen LogP contribution in [0.2, 0.25) is 5.02 Å². The van der Waals surface area contributed by atoms with Crippen LogP contribution in [0, 0.1) is 5.82 Å². The van der Waals surface area contributed by atoms with Gasteiger partial charge >= 0.3 is 0 Å². The summed E-state index contributed by atoms with van der Waals surface area (Å²) in [6.45, 7) is 2.40.